The number of nitrogens with zero attached hydrogens (tertiary/aromatic N) is 2. The zero-order valence-electron chi connectivity index (χ0n) is 15.4. The van der Waals surface area contributed by atoms with Crippen molar-refractivity contribution in [1.82, 2.24) is 20.2 Å². The normalized spacial score (nSPS) is 16.9. The Bertz CT molecular complexity index is 883. The second-order valence-electron chi connectivity index (χ2n) is 6.72. The Morgan fingerprint density at radius 2 is 2.30 bits per heavy atom. The van der Waals surface area contributed by atoms with Crippen molar-refractivity contribution in [3.05, 3.63) is 57.4 Å². The van der Waals surface area contributed by atoms with Gasteiger partial charge in [0, 0.05) is 24.0 Å². The van der Waals surface area contributed by atoms with Gasteiger partial charge in [0.1, 0.15) is 6.10 Å². The minimum absolute atomic E-state index is 0.0495. The number of likely N-dealkylation sites (tertiary alicyclic amines) is 1. The number of urea groups is 1. The van der Waals surface area contributed by atoms with Gasteiger partial charge in [0.2, 0.25) is 0 Å². The molecular formula is C19H23FN4O3. The van der Waals surface area contributed by atoms with Crippen molar-refractivity contribution in [2.24, 2.45) is 0 Å². The Kier molecular flexibility index (Phi) is 5.73. The lowest BCUT2D eigenvalue weighted by atomic mass is 10.1. The van der Waals surface area contributed by atoms with E-state index < -0.39 is 5.82 Å². The van der Waals surface area contributed by atoms with Crippen LogP contribution in [0.1, 0.15) is 29.7 Å². The van der Waals surface area contributed by atoms with Crippen LogP contribution in [0.15, 0.2) is 29.2 Å². The molecule has 8 heteroatoms. The van der Waals surface area contributed by atoms with Crippen LogP contribution in [-0.2, 0) is 6.54 Å². The SMILES string of the molecule is Cc1cc(C)c(CNC(=O)N2CCCC(Oc3ncccc3F)C2)c(=O)[nH]1. The molecule has 1 aliphatic rings. The zero-order valence-corrected chi connectivity index (χ0v) is 15.4. The number of rotatable bonds is 4. The number of hydrogen-bond acceptors (Lipinski definition) is 4. The first-order valence-corrected chi connectivity index (χ1v) is 8.93. The number of halogens is 1. The van der Waals surface area contributed by atoms with Crippen LogP contribution in [0.2, 0.25) is 0 Å². The van der Waals surface area contributed by atoms with Gasteiger partial charge in [-0.3, -0.25) is 4.79 Å². The highest BCUT2D eigenvalue weighted by Gasteiger charge is 2.26. The van der Waals surface area contributed by atoms with Crippen LogP contribution < -0.4 is 15.6 Å². The maximum Gasteiger partial charge on any atom is 0.317 e. The van der Waals surface area contributed by atoms with Gasteiger partial charge in [0.05, 0.1) is 13.1 Å². The molecule has 0 spiro atoms. The highest BCUT2D eigenvalue weighted by atomic mass is 19.1. The molecule has 7 nitrogen and oxygen atoms in total. The quantitative estimate of drug-likeness (QED) is 0.860. The number of nitrogens with one attached hydrogen (secondary N) is 2. The molecule has 0 radical (unpaired) electrons. The van der Waals surface area contributed by atoms with Gasteiger partial charge >= 0.3 is 6.03 Å². The van der Waals surface area contributed by atoms with Crippen LogP contribution in [0.25, 0.3) is 0 Å². The largest absolute Gasteiger partial charge is 0.470 e. The fourth-order valence-corrected chi connectivity index (χ4v) is 3.21. The number of ether oxygens (including phenoxy) is 1. The molecule has 144 valence electrons. The smallest absolute Gasteiger partial charge is 0.317 e. The predicted molar refractivity (Wildman–Crippen MR) is 98.2 cm³/mol. The molecule has 1 aliphatic heterocycles. The summed E-state index contributed by atoms with van der Waals surface area (Å²) < 4.78 is 19.3. The van der Waals surface area contributed by atoms with Crippen molar-refractivity contribution in [1.29, 1.82) is 0 Å². The van der Waals surface area contributed by atoms with Gasteiger partial charge in [-0.25, -0.2) is 14.2 Å². The number of carbonyl (C=O) groups excluding carboxylic acids is 1. The summed E-state index contributed by atoms with van der Waals surface area (Å²) in [6.07, 6.45) is 2.61. The first kappa shape index (κ1) is 18.9. The van der Waals surface area contributed by atoms with E-state index in [0.717, 1.165) is 24.1 Å². The molecule has 0 aromatic carbocycles. The molecule has 2 aromatic rings. The van der Waals surface area contributed by atoms with E-state index >= 15 is 0 Å². The molecule has 2 aromatic heterocycles. The number of hydrogen-bond donors (Lipinski definition) is 2. The number of amides is 2. The van der Waals surface area contributed by atoms with E-state index in [4.69, 9.17) is 4.74 Å². The van der Waals surface area contributed by atoms with Crippen molar-refractivity contribution in [2.75, 3.05) is 13.1 Å². The van der Waals surface area contributed by atoms with Crippen LogP contribution in [0.3, 0.4) is 0 Å². The Morgan fingerprint density at radius 3 is 3.04 bits per heavy atom. The summed E-state index contributed by atoms with van der Waals surface area (Å²) in [7, 11) is 0. The van der Waals surface area contributed by atoms with E-state index in [1.54, 1.807) is 4.90 Å². The maximum absolute atomic E-state index is 13.7. The highest BCUT2D eigenvalue weighted by molar-refractivity contribution is 5.74. The van der Waals surface area contributed by atoms with Crippen LogP contribution >= 0.6 is 0 Å². The van der Waals surface area contributed by atoms with Crippen LogP contribution in [0.5, 0.6) is 5.88 Å². The molecule has 3 rings (SSSR count). The van der Waals surface area contributed by atoms with Crippen LogP contribution in [0.4, 0.5) is 9.18 Å². The number of aryl methyl sites for hydroxylation is 2. The van der Waals surface area contributed by atoms with Crippen molar-refractivity contribution in [2.45, 2.75) is 39.3 Å². The molecule has 0 saturated carbocycles. The van der Waals surface area contributed by atoms with Gasteiger partial charge in [-0.15, -0.1) is 0 Å². The number of carbonyl (C=O) groups is 1. The van der Waals surface area contributed by atoms with E-state index in [0.29, 0.717) is 18.7 Å². The Hall–Kier alpha value is -2.90. The Morgan fingerprint density at radius 1 is 1.48 bits per heavy atom. The topological polar surface area (TPSA) is 87.3 Å². The number of pyridine rings is 2. The van der Waals surface area contributed by atoms with Crippen LogP contribution in [-0.4, -0.2) is 40.1 Å². The summed E-state index contributed by atoms with van der Waals surface area (Å²) >= 11 is 0. The summed E-state index contributed by atoms with van der Waals surface area (Å²) in [6.45, 7) is 4.73. The van der Waals surface area contributed by atoms with Crippen molar-refractivity contribution in [3.63, 3.8) is 0 Å². The second kappa shape index (κ2) is 8.20. The van der Waals surface area contributed by atoms with Gasteiger partial charge in [0.25, 0.3) is 11.4 Å². The third kappa shape index (κ3) is 4.64. The monoisotopic (exact) mass is 374 g/mol. The molecular weight excluding hydrogens is 351 g/mol. The van der Waals surface area contributed by atoms with Gasteiger partial charge in [-0.1, -0.05) is 0 Å². The van der Waals surface area contributed by atoms with E-state index in [2.05, 4.69) is 15.3 Å². The zero-order chi connectivity index (χ0) is 19.4. The van der Waals surface area contributed by atoms with Gasteiger partial charge in [-0.05, 0) is 50.5 Å². The van der Waals surface area contributed by atoms with E-state index in [1.165, 1.54) is 18.3 Å². The summed E-state index contributed by atoms with van der Waals surface area (Å²) in [5.41, 5.74) is 1.96. The van der Waals surface area contributed by atoms with Gasteiger partial charge in [-0.2, -0.15) is 0 Å². The summed E-state index contributed by atoms with van der Waals surface area (Å²) in [6, 6.07) is 4.38. The third-order valence-corrected chi connectivity index (χ3v) is 4.58. The van der Waals surface area contributed by atoms with Crippen molar-refractivity contribution in [3.8, 4) is 5.88 Å². The minimum Gasteiger partial charge on any atom is -0.470 e. The average molecular weight is 374 g/mol. The molecule has 27 heavy (non-hydrogen) atoms. The average Bonchev–Trinajstić information content (AvgIpc) is 2.63. The summed E-state index contributed by atoms with van der Waals surface area (Å²) in [5.74, 6) is -0.570. The van der Waals surface area contributed by atoms with E-state index in [9.17, 15) is 14.0 Å². The second-order valence-corrected chi connectivity index (χ2v) is 6.72. The lowest BCUT2D eigenvalue weighted by molar-refractivity contribution is 0.0942. The number of aromatic amines is 1. The minimum atomic E-state index is -0.520. The summed E-state index contributed by atoms with van der Waals surface area (Å²) in [4.78, 5) is 32.8. The molecule has 0 aliphatic carbocycles. The number of piperidine rings is 1. The van der Waals surface area contributed by atoms with E-state index in [1.807, 2.05) is 19.9 Å². The molecule has 0 bridgehead atoms. The lowest BCUT2D eigenvalue weighted by Crippen LogP contribution is -2.48. The number of aromatic nitrogens is 2. The fourth-order valence-electron chi connectivity index (χ4n) is 3.21. The van der Waals surface area contributed by atoms with Gasteiger partial charge in [0.15, 0.2) is 5.82 Å². The predicted octanol–water partition coefficient (Wildman–Crippen LogP) is 2.28. The van der Waals surface area contributed by atoms with E-state index in [-0.39, 0.29) is 30.1 Å². The molecule has 1 unspecified atom stereocenters. The molecule has 3 heterocycles. The summed E-state index contributed by atoms with van der Waals surface area (Å²) in [5, 5.41) is 2.79. The van der Waals surface area contributed by atoms with Crippen molar-refractivity contribution < 1.29 is 13.9 Å². The first-order valence-electron chi connectivity index (χ1n) is 8.93. The Labute approximate surface area is 156 Å². The molecule has 2 N–H and O–H groups in total. The lowest BCUT2D eigenvalue weighted by Gasteiger charge is -2.32. The maximum atomic E-state index is 13.7. The highest BCUT2D eigenvalue weighted by Crippen LogP contribution is 2.19. The molecule has 1 saturated heterocycles. The first-order chi connectivity index (χ1) is 12.9. The standard InChI is InChI=1S/C19H23FN4O3/c1-12-9-13(2)23-17(25)15(12)10-22-19(26)24-8-4-5-14(11-24)27-18-16(20)6-3-7-21-18/h3,6-7,9,14H,4-5,8,10-11H2,1-2H3,(H,22,26)(H,23,25). The van der Waals surface area contributed by atoms with Crippen molar-refractivity contribution >= 4 is 6.03 Å². The Balaban J connectivity index is 1.59. The third-order valence-electron chi connectivity index (χ3n) is 4.58. The number of H-pyrrole nitrogens is 1. The van der Waals surface area contributed by atoms with Gasteiger partial charge < -0.3 is 19.9 Å². The molecule has 1 fully saturated rings. The van der Waals surface area contributed by atoms with Crippen LogP contribution in [0, 0.1) is 19.7 Å². The molecule has 2 amide bonds. The molecule has 1 atom stereocenters. The fraction of sp³-hybridized carbons (Fsp3) is 0.421.